The summed E-state index contributed by atoms with van der Waals surface area (Å²) in [5.41, 5.74) is 2.32. The Labute approximate surface area is 125 Å². The molecule has 1 N–H and O–H groups in total. The van der Waals surface area contributed by atoms with E-state index in [2.05, 4.69) is 24.4 Å². The highest BCUT2D eigenvalue weighted by Crippen LogP contribution is 2.25. The quantitative estimate of drug-likeness (QED) is 0.852. The van der Waals surface area contributed by atoms with Gasteiger partial charge in [-0.1, -0.05) is 41.9 Å². The van der Waals surface area contributed by atoms with E-state index in [1.807, 2.05) is 43.4 Å². The van der Waals surface area contributed by atoms with E-state index in [1.54, 1.807) is 0 Å². The van der Waals surface area contributed by atoms with Crippen molar-refractivity contribution in [3.63, 3.8) is 0 Å². The largest absolute Gasteiger partial charge is 0.494 e. The lowest BCUT2D eigenvalue weighted by Gasteiger charge is -2.18. The Morgan fingerprint density at radius 1 is 1.15 bits per heavy atom. The average Bonchev–Trinajstić information content (AvgIpc) is 2.45. The van der Waals surface area contributed by atoms with E-state index in [-0.39, 0.29) is 6.04 Å². The third kappa shape index (κ3) is 3.99. The Balaban J connectivity index is 1.93. The number of rotatable bonds is 6. The fraction of sp³-hybridized carbons (Fsp3) is 0.294. The molecule has 20 heavy (non-hydrogen) atoms. The molecule has 0 fully saturated rings. The van der Waals surface area contributed by atoms with E-state index in [1.165, 1.54) is 5.56 Å². The third-order valence-corrected chi connectivity index (χ3v) is 3.64. The molecule has 0 radical (unpaired) electrons. The van der Waals surface area contributed by atoms with Gasteiger partial charge in [0.1, 0.15) is 5.75 Å². The van der Waals surface area contributed by atoms with Gasteiger partial charge < -0.3 is 10.1 Å². The van der Waals surface area contributed by atoms with E-state index in [0.29, 0.717) is 6.61 Å². The summed E-state index contributed by atoms with van der Waals surface area (Å²) in [7, 11) is 1.95. The number of benzene rings is 2. The summed E-state index contributed by atoms with van der Waals surface area (Å²) in [4.78, 5) is 0. The molecule has 0 spiro atoms. The number of halogens is 1. The van der Waals surface area contributed by atoms with Crippen molar-refractivity contribution in [2.24, 2.45) is 0 Å². The molecule has 0 amide bonds. The molecular formula is C17H20ClNO. The van der Waals surface area contributed by atoms with Gasteiger partial charge in [-0.25, -0.2) is 0 Å². The maximum Gasteiger partial charge on any atom is 0.119 e. The van der Waals surface area contributed by atoms with E-state index < -0.39 is 0 Å². The monoisotopic (exact) mass is 289 g/mol. The van der Waals surface area contributed by atoms with Crippen molar-refractivity contribution in [1.29, 1.82) is 0 Å². The number of ether oxygens (including phenoxy) is 1. The lowest BCUT2D eigenvalue weighted by Crippen LogP contribution is -2.19. The van der Waals surface area contributed by atoms with Crippen LogP contribution in [-0.4, -0.2) is 13.7 Å². The SMILES string of the molecule is CNC(CCOc1cccc(C)c1)c1ccccc1Cl. The number of nitrogens with one attached hydrogen (secondary N) is 1. The standard InChI is InChI=1S/C17H20ClNO/c1-13-6-5-7-14(12-13)20-11-10-17(19-2)15-8-3-4-9-16(15)18/h3-9,12,17,19H,10-11H2,1-2H3. The first-order chi connectivity index (χ1) is 9.70. The van der Waals surface area contributed by atoms with Crippen molar-refractivity contribution in [3.8, 4) is 5.75 Å². The van der Waals surface area contributed by atoms with Gasteiger partial charge in [-0.3, -0.25) is 0 Å². The summed E-state index contributed by atoms with van der Waals surface area (Å²) in [5, 5.41) is 4.09. The lowest BCUT2D eigenvalue weighted by molar-refractivity contribution is 0.290. The average molecular weight is 290 g/mol. The molecule has 1 atom stereocenters. The van der Waals surface area contributed by atoms with Crippen molar-refractivity contribution in [1.82, 2.24) is 5.32 Å². The van der Waals surface area contributed by atoms with Crippen LogP contribution in [0.1, 0.15) is 23.6 Å². The van der Waals surface area contributed by atoms with Crippen LogP contribution in [0.3, 0.4) is 0 Å². The molecule has 0 aliphatic rings. The van der Waals surface area contributed by atoms with Crippen LogP contribution in [0.15, 0.2) is 48.5 Å². The van der Waals surface area contributed by atoms with Gasteiger partial charge in [0.15, 0.2) is 0 Å². The molecule has 0 saturated heterocycles. The highest BCUT2D eigenvalue weighted by Gasteiger charge is 2.12. The Morgan fingerprint density at radius 3 is 2.65 bits per heavy atom. The first-order valence-electron chi connectivity index (χ1n) is 6.82. The Morgan fingerprint density at radius 2 is 1.95 bits per heavy atom. The first kappa shape index (κ1) is 14.9. The number of hydrogen-bond donors (Lipinski definition) is 1. The van der Waals surface area contributed by atoms with Crippen molar-refractivity contribution >= 4 is 11.6 Å². The second kappa shape index (κ2) is 7.32. The fourth-order valence-corrected chi connectivity index (χ4v) is 2.48. The Hall–Kier alpha value is -1.51. The van der Waals surface area contributed by atoms with Gasteiger partial charge in [-0.05, 0) is 43.3 Å². The third-order valence-electron chi connectivity index (χ3n) is 3.29. The molecule has 0 bridgehead atoms. The maximum absolute atomic E-state index is 6.23. The van der Waals surface area contributed by atoms with Gasteiger partial charge in [0.05, 0.1) is 6.61 Å². The maximum atomic E-state index is 6.23. The molecule has 2 rings (SSSR count). The van der Waals surface area contributed by atoms with Crippen LogP contribution in [-0.2, 0) is 0 Å². The zero-order valence-electron chi connectivity index (χ0n) is 11.9. The van der Waals surface area contributed by atoms with E-state index >= 15 is 0 Å². The van der Waals surface area contributed by atoms with Crippen molar-refractivity contribution in [2.45, 2.75) is 19.4 Å². The summed E-state index contributed by atoms with van der Waals surface area (Å²) < 4.78 is 5.80. The van der Waals surface area contributed by atoms with Gasteiger partial charge in [0.25, 0.3) is 0 Å². The molecule has 0 aliphatic carbocycles. The van der Waals surface area contributed by atoms with E-state index in [4.69, 9.17) is 16.3 Å². The van der Waals surface area contributed by atoms with Crippen molar-refractivity contribution in [2.75, 3.05) is 13.7 Å². The van der Waals surface area contributed by atoms with Crippen LogP contribution >= 0.6 is 11.6 Å². The highest BCUT2D eigenvalue weighted by atomic mass is 35.5. The van der Waals surface area contributed by atoms with Gasteiger partial charge in [-0.2, -0.15) is 0 Å². The van der Waals surface area contributed by atoms with Crippen molar-refractivity contribution in [3.05, 3.63) is 64.7 Å². The van der Waals surface area contributed by atoms with Gasteiger partial charge in [0.2, 0.25) is 0 Å². The zero-order chi connectivity index (χ0) is 14.4. The molecule has 0 aliphatic heterocycles. The molecule has 0 heterocycles. The second-order valence-electron chi connectivity index (χ2n) is 4.82. The molecular weight excluding hydrogens is 270 g/mol. The van der Waals surface area contributed by atoms with Crippen LogP contribution < -0.4 is 10.1 Å². The number of aryl methyl sites for hydroxylation is 1. The number of hydrogen-bond acceptors (Lipinski definition) is 2. The minimum atomic E-state index is 0.202. The highest BCUT2D eigenvalue weighted by molar-refractivity contribution is 6.31. The fourth-order valence-electron chi connectivity index (χ4n) is 2.21. The minimum Gasteiger partial charge on any atom is -0.494 e. The van der Waals surface area contributed by atoms with E-state index in [9.17, 15) is 0 Å². The Kier molecular flexibility index (Phi) is 5.45. The smallest absolute Gasteiger partial charge is 0.119 e. The van der Waals surface area contributed by atoms with Crippen LogP contribution in [0, 0.1) is 6.92 Å². The second-order valence-corrected chi connectivity index (χ2v) is 5.22. The normalized spacial score (nSPS) is 12.2. The molecule has 2 aromatic carbocycles. The summed E-state index contributed by atoms with van der Waals surface area (Å²) in [6.45, 7) is 2.72. The van der Waals surface area contributed by atoms with Crippen molar-refractivity contribution < 1.29 is 4.74 Å². The Bertz CT molecular complexity index is 556. The topological polar surface area (TPSA) is 21.3 Å². The summed E-state index contributed by atoms with van der Waals surface area (Å²) in [5.74, 6) is 0.916. The van der Waals surface area contributed by atoms with Gasteiger partial charge in [0, 0.05) is 17.5 Å². The molecule has 106 valence electrons. The molecule has 0 aromatic heterocycles. The van der Waals surface area contributed by atoms with Gasteiger partial charge in [-0.15, -0.1) is 0 Å². The van der Waals surface area contributed by atoms with Crippen LogP contribution in [0.25, 0.3) is 0 Å². The molecule has 2 aromatic rings. The molecule has 0 saturated carbocycles. The van der Waals surface area contributed by atoms with E-state index in [0.717, 1.165) is 22.8 Å². The molecule has 1 unspecified atom stereocenters. The van der Waals surface area contributed by atoms with Gasteiger partial charge >= 0.3 is 0 Å². The van der Waals surface area contributed by atoms with Crippen LogP contribution in [0.2, 0.25) is 5.02 Å². The predicted molar refractivity (Wildman–Crippen MR) is 84.5 cm³/mol. The van der Waals surface area contributed by atoms with Crippen LogP contribution in [0.5, 0.6) is 5.75 Å². The minimum absolute atomic E-state index is 0.202. The molecule has 2 nitrogen and oxygen atoms in total. The predicted octanol–water partition coefficient (Wildman–Crippen LogP) is 4.38. The molecule has 3 heteroatoms. The van der Waals surface area contributed by atoms with Crippen LogP contribution in [0.4, 0.5) is 0 Å². The summed E-state index contributed by atoms with van der Waals surface area (Å²) >= 11 is 6.23. The zero-order valence-corrected chi connectivity index (χ0v) is 12.7. The lowest BCUT2D eigenvalue weighted by atomic mass is 10.0. The summed E-state index contributed by atoms with van der Waals surface area (Å²) in [6.07, 6.45) is 0.869. The first-order valence-corrected chi connectivity index (χ1v) is 7.19. The summed E-state index contributed by atoms with van der Waals surface area (Å²) in [6, 6.07) is 16.2.